The van der Waals surface area contributed by atoms with Crippen molar-refractivity contribution in [2.45, 2.75) is 62.0 Å². The lowest BCUT2D eigenvalue weighted by Gasteiger charge is -2.49. The Balaban J connectivity index is 2.01. The number of ether oxygens (including phenoxy) is 2. The number of aliphatic hydroxyl groups is 3. The molecule has 0 amide bonds. The Kier molecular flexibility index (Phi) is 7.01. The molecule has 168 valence electrons. The number of aromatic hydroxyl groups is 1. The molecule has 9 heteroatoms. The molecule has 2 fully saturated rings. The fourth-order valence-corrected chi connectivity index (χ4v) is 4.62. The van der Waals surface area contributed by atoms with Gasteiger partial charge in [0.25, 0.3) is 0 Å². The largest absolute Gasteiger partial charge is 0.508 e. The van der Waals surface area contributed by atoms with Gasteiger partial charge in [0.05, 0.1) is 0 Å². The number of aliphatic carboxylic acids is 1. The number of nitrogens with zero attached hydrogens (tertiary/aromatic N) is 1. The molecule has 1 aromatic rings. The van der Waals surface area contributed by atoms with E-state index in [1.165, 1.54) is 0 Å². The van der Waals surface area contributed by atoms with Gasteiger partial charge in [-0.2, -0.15) is 0 Å². The second-order valence-electron chi connectivity index (χ2n) is 8.50. The van der Waals surface area contributed by atoms with E-state index in [2.05, 4.69) is 0 Å². The minimum Gasteiger partial charge on any atom is -0.508 e. The Bertz CT molecular complexity index is 743. The molecule has 2 aliphatic rings. The van der Waals surface area contributed by atoms with Gasteiger partial charge < -0.3 is 39.9 Å². The molecule has 0 spiro atoms. The Hall–Kier alpha value is -1.75. The summed E-state index contributed by atoms with van der Waals surface area (Å²) in [5, 5.41) is 50.1. The van der Waals surface area contributed by atoms with Crippen LogP contribution >= 0.6 is 0 Å². The molecule has 5 N–H and O–H groups in total. The van der Waals surface area contributed by atoms with E-state index < -0.39 is 42.3 Å². The number of hydrogen-bond donors (Lipinski definition) is 5. The molecule has 9 nitrogen and oxygen atoms in total. The van der Waals surface area contributed by atoms with Crippen LogP contribution in [0.15, 0.2) is 24.3 Å². The molecule has 1 aliphatic carbocycles. The van der Waals surface area contributed by atoms with Crippen molar-refractivity contribution in [3.05, 3.63) is 29.8 Å². The number of phenolic OH excluding ortho intramolecular Hbond substituents is 1. The molecule has 1 aliphatic heterocycles. The molecule has 7 unspecified atom stereocenters. The summed E-state index contributed by atoms with van der Waals surface area (Å²) >= 11 is 0. The van der Waals surface area contributed by atoms with Crippen LogP contribution in [0.25, 0.3) is 0 Å². The van der Waals surface area contributed by atoms with E-state index in [4.69, 9.17) is 9.47 Å². The highest BCUT2D eigenvalue weighted by Crippen LogP contribution is 2.47. The van der Waals surface area contributed by atoms with Gasteiger partial charge in [-0.25, -0.2) is 4.79 Å². The summed E-state index contributed by atoms with van der Waals surface area (Å²) in [7, 11) is 3.88. The molecule has 3 rings (SSSR count). The van der Waals surface area contributed by atoms with Crippen molar-refractivity contribution >= 4 is 5.97 Å². The lowest BCUT2D eigenvalue weighted by Crippen LogP contribution is -2.62. The number of hydrogen-bond acceptors (Lipinski definition) is 8. The number of carboxylic acid groups (broad SMARTS) is 1. The summed E-state index contributed by atoms with van der Waals surface area (Å²) in [6, 6.07) is 6.67. The zero-order valence-corrected chi connectivity index (χ0v) is 17.2. The van der Waals surface area contributed by atoms with Crippen molar-refractivity contribution in [3.63, 3.8) is 0 Å². The Labute approximate surface area is 175 Å². The van der Waals surface area contributed by atoms with Gasteiger partial charge in [-0.3, -0.25) is 0 Å². The van der Waals surface area contributed by atoms with E-state index in [1.807, 2.05) is 25.1 Å². The van der Waals surface area contributed by atoms with Gasteiger partial charge >= 0.3 is 5.97 Å². The fraction of sp³-hybridized carbons (Fsp3) is 0.667. The summed E-state index contributed by atoms with van der Waals surface area (Å²) in [4.78, 5) is 13.5. The van der Waals surface area contributed by atoms with Gasteiger partial charge in [0.2, 0.25) is 0 Å². The van der Waals surface area contributed by atoms with Crippen LogP contribution in [0.1, 0.15) is 31.2 Å². The fourth-order valence-electron chi connectivity index (χ4n) is 4.62. The molecule has 1 saturated carbocycles. The number of carboxylic acids is 1. The first-order chi connectivity index (χ1) is 14.2. The van der Waals surface area contributed by atoms with Crippen molar-refractivity contribution in [2.24, 2.45) is 5.92 Å². The van der Waals surface area contributed by atoms with E-state index in [0.29, 0.717) is 18.5 Å². The Morgan fingerprint density at radius 2 is 1.93 bits per heavy atom. The van der Waals surface area contributed by atoms with E-state index in [0.717, 1.165) is 19.3 Å². The summed E-state index contributed by atoms with van der Waals surface area (Å²) in [6.45, 7) is 0.659. The van der Waals surface area contributed by atoms with Gasteiger partial charge in [-0.05, 0) is 44.6 Å². The zero-order chi connectivity index (χ0) is 22.1. The van der Waals surface area contributed by atoms with Crippen LogP contribution in [0, 0.1) is 5.92 Å². The molecule has 0 bridgehead atoms. The first-order valence-corrected chi connectivity index (χ1v) is 10.2. The van der Waals surface area contributed by atoms with Crippen molar-refractivity contribution < 1.29 is 39.8 Å². The number of rotatable bonds is 6. The van der Waals surface area contributed by atoms with Gasteiger partial charge in [0, 0.05) is 12.5 Å². The maximum atomic E-state index is 11.5. The number of phenols is 1. The Morgan fingerprint density at radius 1 is 1.20 bits per heavy atom. The van der Waals surface area contributed by atoms with Crippen molar-refractivity contribution in [1.82, 2.24) is 4.90 Å². The maximum Gasteiger partial charge on any atom is 0.335 e. The van der Waals surface area contributed by atoms with E-state index in [-0.39, 0.29) is 11.7 Å². The lowest BCUT2D eigenvalue weighted by molar-refractivity contribution is -0.333. The van der Waals surface area contributed by atoms with Gasteiger partial charge in [-0.1, -0.05) is 25.0 Å². The molecule has 0 radical (unpaired) electrons. The van der Waals surface area contributed by atoms with Crippen molar-refractivity contribution in [1.29, 1.82) is 0 Å². The highest BCUT2D eigenvalue weighted by Gasteiger charge is 2.52. The molecule has 1 saturated heterocycles. The third-order valence-corrected chi connectivity index (χ3v) is 6.07. The first kappa shape index (κ1) is 22.9. The molecule has 7 atom stereocenters. The van der Waals surface area contributed by atoms with Crippen molar-refractivity contribution in [2.75, 3.05) is 20.6 Å². The van der Waals surface area contributed by atoms with Gasteiger partial charge in [0.1, 0.15) is 29.7 Å². The standard InChI is InChI=1S/C21H31NO8/c1-22(2)11-13-6-3-4-9-21(13,12-7-5-8-14(23)10-12)30-20-17(26)15(24)16(25)18(29-20)19(27)28/h5,7-8,10,13,15-18,20,23-26H,3-4,6,9,11H2,1-2H3,(H,27,28). The molecule has 30 heavy (non-hydrogen) atoms. The normalized spacial score (nSPS) is 37.3. The van der Waals surface area contributed by atoms with Crippen molar-refractivity contribution in [3.8, 4) is 5.75 Å². The third-order valence-electron chi connectivity index (χ3n) is 6.07. The first-order valence-electron chi connectivity index (χ1n) is 10.2. The SMILES string of the molecule is CN(C)CC1CCCCC1(OC1OC(C(=O)O)C(O)C(O)C1O)c1cccc(O)c1. The predicted octanol–water partition coefficient (Wildman–Crippen LogP) is 0.248. The lowest BCUT2D eigenvalue weighted by atomic mass is 9.70. The molecular weight excluding hydrogens is 394 g/mol. The van der Waals surface area contributed by atoms with Crippen LogP contribution in [0.3, 0.4) is 0 Å². The maximum absolute atomic E-state index is 11.5. The topological polar surface area (TPSA) is 140 Å². The van der Waals surface area contributed by atoms with Crippen LogP contribution in [0.2, 0.25) is 0 Å². The summed E-state index contributed by atoms with van der Waals surface area (Å²) in [5.41, 5.74) is -0.282. The quantitative estimate of drug-likeness (QED) is 0.434. The minimum absolute atomic E-state index is 0.0360. The zero-order valence-electron chi connectivity index (χ0n) is 17.2. The molecule has 0 aromatic heterocycles. The predicted molar refractivity (Wildman–Crippen MR) is 106 cm³/mol. The van der Waals surface area contributed by atoms with Gasteiger partial charge in [0.15, 0.2) is 12.4 Å². The highest BCUT2D eigenvalue weighted by atomic mass is 16.7. The second-order valence-corrected chi connectivity index (χ2v) is 8.50. The Morgan fingerprint density at radius 3 is 2.57 bits per heavy atom. The number of aliphatic hydroxyl groups excluding tert-OH is 3. The highest BCUT2D eigenvalue weighted by molar-refractivity contribution is 5.73. The molecular formula is C21H31NO8. The summed E-state index contributed by atoms with van der Waals surface area (Å²) < 4.78 is 11.8. The van der Waals surface area contributed by atoms with Crippen LogP contribution in [0.5, 0.6) is 5.75 Å². The van der Waals surface area contributed by atoms with Crippen LogP contribution in [-0.4, -0.2) is 87.7 Å². The van der Waals surface area contributed by atoms with Gasteiger partial charge in [-0.15, -0.1) is 0 Å². The smallest absolute Gasteiger partial charge is 0.335 e. The number of benzene rings is 1. The van der Waals surface area contributed by atoms with E-state index >= 15 is 0 Å². The molecule has 1 aromatic carbocycles. The third kappa shape index (κ3) is 4.46. The average molecular weight is 425 g/mol. The van der Waals surface area contributed by atoms with Crippen LogP contribution < -0.4 is 0 Å². The summed E-state index contributed by atoms with van der Waals surface area (Å²) in [5.74, 6) is -1.43. The van der Waals surface area contributed by atoms with Crippen LogP contribution in [-0.2, 0) is 19.9 Å². The number of carbonyl (C=O) groups is 1. The molecule has 1 heterocycles. The van der Waals surface area contributed by atoms with E-state index in [1.54, 1.807) is 18.2 Å². The monoisotopic (exact) mass is 425 g/mol. The minimum atomic E-state index is -1.78. The second kappa shape index (κ2) is 9.17. The van der Waals surface area contributed by atoms with E-state index in [9.17, 15) is 30.3 Å². The summed E-state index contributed by atoms with van der Waals surface area (Å²) in [6.07, 6.45) is -5.14. The average Bonchev–Trinajstić information content (AvgIpc) is 2.69. The van der Waals surface area contributed by atoms with Crippen LogP contribution in [0.4, 0.5) is 0 Å².